The quantitative estimate of drug-likeness (QED) is 0.602. The smallest absolute Gasteiger partial charge is 0.353 e. The molecule has 2 fully saturated rings. The van der Waals surface area contributed by atoms with E-state index in [2.05, 4.69) is 0 Å². The number of nitrogens with two attached hydrogens (primary N) is 1. The average Bonchev–Trinajstić information content (AvgIpc) is 3.01. The Kier molecular flexibility index (Phi) is 4.43. The fourth-order valence-corrected chi connectivity index (χ4v) is 5.36. The summed E-state index contributed by atoms with van der Waals surface area (Å²) in [6, 6.07) is -0.269. The number of carbonyl (C=O) groups excluding carboxylic acids is 1. The molecule has 1 amide bonds. The SMILES string of the molecule is C[C@H]1C(S[C@@H]2CCO[C@@H]2CN)=C(C(=O)O)N2C(=O)[C@H]([C@@H](C)O)C12. The number of carboxylic acids is 1. The highest BCUT2D eigenvalue weighted by molar-refractivity contribution is 8.03. The minimum absolute atomic E-state index is 0.0667. The highest BCUT2D eigenvalue weighted by atomic mass is 32.2. The molecule has 0 spiro atoms. The molecule has 2 saturated heterocycles. The number of β-lactam (4-membered cyclic amide) rings is 1. The topological polar surface area (TPSA) is 113 Å². The van der Waals surface area contributed by atoms with Gasteiger partial charge in [-0.05, 0) is 13.3 Å². The second-order valence-corrected chi connectivity index (χ2v) is 7.64. The number of hydrogen-bond donors (Lipinski definition) is 3. The number of aliphatic hydroxyl groups is 1. The van der Waals surface area contributed by atoms with Crippen LogP contribution in [0.15, 0.2) is 10.6 Å². The standard InChI is InChI=1S/C15H22N2O5S/c1-6-11-10(7(2)18)14(19)17(11)12(15(20)21)13(6)23-9-3-4-22-8(9)5-16/h6-11,18H,3-5,16H2,1-2H3,(H,20,21)/t6-,7-,8-,9-,10-,11?/m1/s1. The van der Waals surface area contributed by atoms with Gasteiger partial charge in [-0.3, -0.25) is 4.79 Å². The van der Waals surface area contributed by atoms with E-state index in [9.17, 15) is 19.8 Å². The van der Waals surface area contributed by atoms with Gasteiger partial charge in [0.15, 0.2) is 0 Å². The van der Waals surface area contributed by atoms with Gasteiger partial charge in [-0.1, -0.05) is 6.92 Å². The van der Waals surface area contributed by atoms with Crippen molar-refractivity contribution in [3.63, 3.8) is 0 Å². The van der Waals surface area contributed by atoms with Gasteiger partial charge in [0.05, 0.1) is 24.2 Å². The second kappa shape index (κ2) is 6.08. The number of carboxylic acid groups (broad SMARTS) is 1. The molecule has 3 heterocycles. The lowest BCUT2D eigenvalue weighted by atomic mass is 9.79. The summed E-state index contributed by atoms with van der Waals surface area (Å²) in [5, 5.41) is 19.5. The van der Waals surface area contributed by atoms with Crippen molar-refractivity contribution in [1.29, 1.82) is 0 Å². The van der Waals surface area contributed by atoms with Gasteiger partial charge in [-0.25, -0.2) is 4.79 Å². The highest BCUT2D eigenvalue weighted by Crippen LogP contribution is 2.52. The van der Waals surface area contributed by atoms with Crippen molar-refractivity contribution in [2.75, 3.05) is 13.2 Å². The van der Waals surface area contributed by atoms with E-state index in [0.29, 0.717) is 18.1 Å². The molecule has 1 unspecified atom stereocenters. The van der Waals surface area contributed by atoms with Gasteiger partial charge in [0.25, 0.3) is 0 Å². The number of fused-ring (bicyclic) bond motifs is 1. The number of rotatable bonds is 5. The summed E-state index contributed by atoms with van der Waals surface area (Å²) in [7, 11) is 0. The Morgan fingerprint density at radius 1 is 1.57 bits per heavy atom. The van der Waals surface area contributed by atoms with Crippen LogP contribution in [0.2, 0.25) is 0 Å². The summed E-state index contributed by atoms with van der Waals surface area (Å²) in [6.07, 6.45) is -0.0582. The Morgan fingerprint density at radius 2 is 2.26 bits per heavy atom. The summed E-state index contributed by atoms with van der Waals surface area (Å²) >= 11 is 1.47. The summed E-state index contributed by atoms with van der Waals surface area (Å²) < 4.78 is 5.57. The molecule has 0 aromatic heterocycles. The van der Waals surface area contributed by atoms with E-state index in [4.69, 9.17) is 10.5 Å². The fraction of sp³-hybridized carbons (Fsp3) is 0.733. The first kappa shape index (κ1) is 16.8. The molecule has 7 nitrogen and oxygen atoms in total. The predicted octanol–water partition coefficient (Wildman–Crippen LogP) is -0.0105. The highest BCUT2D eigenvalue weighted by Gasteiger charge is 2.60. The summed E-state index contributed by atoms with van der Waals surface area (Å²) in [6.45, 7) is 4.51. The van der Waals surface area contributed by atoms with Crippen LogP contribution in [-0.4, -0.2) is 63.6 Å². The fourth-order valence-electron chi connectivity index (χ4n) is 3.83. The van der Waals surface area contributed by atoms with Crippen LogP contribution in [0.25, 0.3) is 0 Å². The molecular formula is C15H22N2O5S. The van der Waals surface area contributed by atoms with E-state index in [-0.39, 0.29) is 34.9 Å². The first-order chi connectivity index (χ1) is 10.9. The first-order valence-corrected chi connectivity index (χ1v) is 8.73. The first-order valence-electron chi connectivity index (χ1n) is 7.85. The Labute approximate surface area is 138 Å². The Morgan fingerprint density at radius 3 is 2.83 bits per heavy atom. The normalized spacial score (nSPS) is 37.8. The zero-order chi connectivity index (χ0) is 16.9. The van der Waals surface area contributed by atoms with Crippen molar-refractivity contribution in [1.82, 2.24) is 4.90 Å². The van der Waals surface area contributed by atoms with Crippen LogP contribution in [0.3, 0.4) is 0 Å². The molecule has 0 bridgehead atoms. The Bertz CT molecular complexity index is 564. The van der Waals surface area contributed by atoms with Crippen molar-refractivity contribution in [2.24, 2.45) is 17.6 Å². The number of carbonyl (C=O) groups is 2. The molecular weight excluding hydrogens is 320 g/mol. The van der Waals surface area contributed by atoms with E-state index >= 15 is 0 Å². The third-order valence-corrected chi connectivity index (χ3v) is 6.63. The van der Waals surface area contributed by atoms with E-state index < -0.39 is 18.0 Å². The second-order valence-electron chi connectivity index (χ2n) is 6.36. The molecule has 128 valence electrons. The van der Waals surface area contributed by atoms with Crippen LogP contribution < -0.4 is 5.73 Å². The lowest BCUT2D eigenvalue weighted by Crippen LogP contribution is -2.63. The maximum absolute atomic E-state index is 12.3. The number of nitrogens with zero attached hydrogens (tertiary/aromatic N) is 1. The van der Waals surface area contributed by atoms with Crippen LogP contribution in [0, 0.1) is 11.8 Å². The summed E-state index contributed by atoms with van der Waals surface area (Å²) in [5.41, 5.74) is 5.78. The van der Waals surface area contributed by atoms with Crippen molar-refractivity contribution >= 4 is 23.6 Å². The molecule has 8 heteroatoms. The number of hydrogen-bond acceptors (Lipinski definition) is 6. The Hall–Kier alpha value is -1.09. The predicted molar refractivity (Wildman–Crippen MR) is 84.4 cm³/mol. The van der Waals surface area contributed by atoms with Crippen LogP contribution in [0.4, 0.5) is 0 Å². The number of ether oxygens (including phenoxy) is 1. The van der Waals surface area contributed by atoms with Gasteiger partial charge in [0, 0.05) is 29.2 Å². The van der Waals surface area contributed by atoms with Gasteiger partial charge in [-0.2, -0.15) is 0 Å². The zero-order valence-electron chi connectivity index (χ0n) is 13.1. The average molecular weight is 342 g/mol. The number of amides is 1. The van der Waals surface area contributed by atoms with E-state index in [1.165, 1.54) is 16.7 Å². The van der Waals surface area contributed by atoms with Gasteiger partial charge in [-0.15, -0.1) is 11.8 Å². The maximum atomic E-state index is 12.3. The molecule has 0 aromatic rings. The van der Waals surface area contributed by atoms with Crippen molar-refractivity contribution in [3.8, 4) is 0 Å². The monoisotopic (exact) mass is 342 g/mol. The molecule has 0 saturated carbocycles. The maximum Gasteiger partial charge on any atom is 0.353 e. The van der Waals surface area contributed by atoms with Crippen LogP contribution in [0.5, 0.6) is 0 Å². The van der Waals surface area contributed by atoms with Crippen LogP contribution >= 0.6 is 11.8 Å². The molecule has 6 atom stereocenters. The molecule has 3 rings (SSSR count). The van der Waals surface area contributed by atoms with Crippen LogP contribution in [0.1, 0.15) is 20.3 Å². The van der Waals surface area contributed by atoms with E-state index in [1.54, 1.807) is 6.92 Å². The largest absolute Gasteiger partial charge is 0.477 e. The third kappa shape index (κ3) is 2.48. The molecule has 4 N–H and O–H groups in total. The summed E-state index contributed by atoms with van der Waals surface area (Å²) in [5.74, 6) is -2.03. The zero-order valence-corrected chi connectivity index (χ0v) is 14.0. The van der Waals surface area contributed by atoms with Gasteiger partial charge in [0.1, 0.15) is 5.70 Å². The van der Waals surface area contributed by atoms with Crippen molar-refractivity contribution in [2.45, 2.75) is 43.8 Å². The molecule has 0 aliphatic carbocycles. The van der Waals surface area contributed by atoms with Crippen molar-refractivity contribution in [3.05, 3.63) is 10.6 Å². The molecule has 3 aliphatic heterocycles. The number of aliphatic hydroxyl groups excluding tert-OH is 1. The van der Waals surface area contributed by atoms with E-state index in [1.807, 2.05) is 6.92 Å². The van der Waals surface area contributed by atoms with Gasteiger partial charge >= 0.3 is 5.97 Å². The third-order valence-electron chi connectivity index (χ3n) is 4.97. The van der Waals surface area contributed by atoms with E-state index in [0.717, 1.165) is 6.42 Å². The van der Waals surface area contributed by atoms with Crippen molar-refractivity contribution < 1.29 is 24.5 Å². The Balaban J connectivity index is 1.89. The van der Waals surface area contributed by atoms with Gasteiger partial charge in [0.2, 0.25) is 5.91 Å². The summed E-state index contributed by atoms with van der Waals surface area (Å²) in [4.78, 5) is 26.0. The van der Waals surface area contributed by atoms with Gasteiger partial charge < -0.3 is 25.6 Å². The minimum atomic E-state index is -1.09. The minimum Gasteiger partial charge on any atom is -0.477 e. The lowest BCUT2D eigenvalue weighted by Gasteiger charge is -2.46. The molecule has 0 radical (unpaired) electrons. The number of thioether (sulfide) groups is 1. The number of aliphatic carboxylic acids is 1. The van der Waals surface area contributed by atoms with Crippen LogP contribution in [-0.2, 0) is 14.3 Å². The molecule has 3 aliphatic rings. The lowest BCUT2D eigenvalue weighted by molar-refractivity contribution is -0.163. The molecule has 23 heavy (non-hydrogen) atoms. The molecule has 0 aromatic carbocycles.